The van der Waals surface area contributed by atoms with Crippen LogP contribution in [0.1, 0.15) is 22.3 Å². The highest BCUT2D eigenvalue weighted by Gasteiger charge is 2.15. The zero-order chi connectivity index (χ0) is 23.6. The third-order valence-corrected chi connectivity index (χ3v) is 4.65. The van der Waals surface area contributed by atoms with Crippen LogP contribution in [-0.4, -0.2) is 24.2 Å². The first kappa shape index (κ1) is 23.0. The molecule has 0 saturated carbocycles. The van der Waals surface area contributed by atoms with E-state index in [0.717, 1.165) is 5.56 Å². The fraction of sp³-hybridized carbons (Fsp3) is 0.125. The Balaban J connectivity index is 1.62. The number of methoxy groups -OCH3 is 1. The molecular formula is C24H20N4O5. The molecule has 0 saturated heterocycles. The molecule has 0 radical (unpaired) electrons. The van der Waals surface area contributed by atoms with Gasteiger partial charge in [0.2, 0.25) is 5.91 Å². The number of benzene rings is 3. The molecule has 0 atom stereocenters. The highest BCUT2D eigenvalue weighted by Crippen LogP contribution is 2.28. The van der Waals surface area contributed by atoms with E-state index < -0.39 is 10.8 Å². The number of nitro benzene ring substituents is 1. The molecule has 0 aliphatic carbocycles. The molecule has 9 heteroatoms. The number of nitriles is 1. The van der Waals surface area contributed by atoms with Gasteiger partial charge in [0, 0.05) is 17.2 Å². The lowest BCUT2D eigenvalue weighted by molar-refractivity contribution is -0.385. The second-order valence-electron chi connectivity index (χ2n) is 6.82. The van der Waals surface area contributed by atoms with Gasteiger partial charge in [0.15, 0.2) is 11.5 Å². The summed E-state index contributed by atoms with van der Waals surface area (Å²) in [6, 6.07) is 20.5. The minimum absolute atomic E-state index is 0.116. The van der Waals surface area contributed by atoms with Gasteiger partial charge in [0.25, 0.3) is 5.69 Å². The summed E-state index contributed by atoms with van der Waals surface area (Å²) in [5.74, 6) is 0.464. The van der Waals surface area contributed by atoms with E-state index in [1.165, 1.54) is 25.5 Å². The van der Waals surface area contributed by atoms with Gasteiger partial charge in [-0.2, -0.15) is 10.4 Å². The molecule has 9 nitrogen and oxygen atoms in total. The summed E-state index contributed by atoms with van der Waals surface area (Å²) in [6.45, 7) is 0.204. The van der Waals surface area contributed by atoms with E-state index in [-0.39, 0.29) is 18.7 Å². The number of para-hydroxylation sites is 1. The van der Waals surface area contributed by atoms with E-state index >= 15 is 0 Å². The number of amides is 1. The van der Waals surface area contributed by atoms with E-state index in [4.69, 9.17) is 9.47 Å². The number of ether oxygens (including phenoxy) is 2. The van der Waals surface area contributed by atoms with E-state index in [1.807, 2.05) is 12.1 Å². The molecule has 0 spiro atoms. The molecule has 0 bridgehead atoms. The normalized spacial score (nSPS) is 10.4. The van der Waals surface area contributed by atoms with Crippen molar-refractivity contribution in [1.82, 2.24) is 5.43 Å². The van der Waals surface area contributed by atoms with Gasteiger partial charge in [-0.3, -0.25) is 14.9 Å². The molecule has 166 valence electrons. The Kier molecular flexibility index (Phi) is 7.70. The maximum absolute atomic E-state index is 12.1. The highest BCUT2D eigenvalue weighted by atomic mass is 16.6. The molecule has 1 amide bonds. The van der Waals surface area contributed by atoms with Crippen LogP contribution in [0.3, 0.4) is 0 Å². The standard InChI is InChI=1S/C24H20N4O5/c1-32-23-12-17(10-11-22(23)33-16-20-8-3-2-7-19(20)14-25)15-26-27-24(29)13-18-6-4-5-9-21(18)28(30)31/h2-12,15H,13,16H2,1H3,(H,27,29). The molecule has 0 fully saturated rings. The first-order valence-electron chi connectivity index (χ1n) is 9.85. The molecule has 0 unspecified atom stereocenters. The number of hydrogen-bond acceptors (Lipinski definition) is 7. The van der Waals surface area contributed by atoms with Crippen LogP contribution in [0.2, 0.25) is 0 Å². The molecule has 0 heterocycles. The fourth-order valence-electron chi connectivity index (χ4n) is 3.02. The summed E-state index contributed by atoms with van der Waals surface area (Å²) in [4.78, 5) is 22.6. The van der Waals surface area contributed by atoms with Gasteiger partial charge < -0.3 is 9.47 Å². The third-order valence-electron chi connectivity index (χ3n) is 4.65. The van der Waals surface area contributed by atoms with Crippen LogP contribution in [0, 0.1) is 21.4 Å². The topological polar surface area (TPSA) is 127 Å². The molecule has 3 rings (SSSR count). The van der Waals surface area contributed by atoms with Gasteiger partial charge in [0.05, 0.1) is 36.3 Å². The monoisotopic (exact) mass is 444 g/mol. The van der Waals surface area contributed by atoms with Gasteiger partial charge >= 0.3 is 0 Å². The Morgan fingerprint density at radius 2 is 1.85 bits per heavy atom. The molecule has 0 aliphatic heterocycles. The number of nitrogens with one attached hydrogen (secondary N) is 1. The van der Waals surface area contributed by atoms with Crippen LogP contribution in [-0.2, 0) is 17.8 Å². The quantitative estimate of drug-likeness (QED) is 0.304. The van der Waals surface area contributed by atoms with Gasteiger partial charge in [-0.05, 0) is 29.8 Å². The van der Waals surface area contributed by atoms with Crippen LogP contribution in [0.5, 0.6) is 11.5 Å². The minimum Gasteiger partial charge on any atom is -0.493 e. The summed E-state index contributed by atoms with van der Waals surface area (Å²) in [6.07, 6.45) is 1.25. The van der Waals surface area contributed by atoms with E-state index in [0.29, 0.717) is 28.2 Å². The summed E-state index contributed by atoms with van der Waals surface area (Å²) in [5.41, 5.74) is 4.49. The molecule has 3 aromatic carbocycles. The molecule has 1 N–H and O–H groups in total. The van der Waals surface area contributed by atoms with Crippen molar-refractivity contribution in [1.29, 1.82) is 5.26 Å². The van der Waals surface area contributed by atoms with Crippen molar-refractivity contribution in [2.45, 2.75) is 13.0 Å². The lowest BCUT2D eigenvalue weighted by Gasteiger charge is -2.12. The fourth-order valence-corrected chi connectivity index (χ4v) is 3.02. The van der Waals surface area contributed by atoms with Gasteiger partial charge in [-0.25, -0.2) is 5.43 Å². The van der Waals surface area contributed by atoms with Crippen LogP contribution >= 0.6 is 0 Å². The Hall–Kier alpha value is -4.71. The largest absolute Gasteiger partial charge is 0.493 e. The highest BCUT2D eigenvalue weighted by molar-refractivity contribution is 5.84. The van der Waals surface area contributed by atoms with Crippen molar-refractivity contribution in [3.05, 3.63) is 99.1 Å². The second-order valence-corrected chi connectivity index (χ2v) is 6.82. The lowest BCUT2D eigenvalue weighted by Crippen LogP contribution is -2.20. The SMILES string of the molecule is COc1cc(C=NNC(=O)Cc2ccccc2[N+](=O)[O-])ccc1OCc1ccccc1C#N. The van der Waals surface area contributed by atoms with Crippen molar-refractivity contribution < 1.29 is 19.2 Å². The summed E-state index contributed by atoms with van der Waals surface area (Å²) >= 11 is 0. The van der Waals surface area contributed by atoms with Gasteiger partial charge in [-0.1, -0.05) is 36.4 Å². The molecule has 3 aromatic rings. The minimum atomic E-state index is -0.527. The lowest BCUT2D eigenvalue weighted by atomic mass is 10.1. The zero-order valence-corrected chi connectivity index (χ0v) is 17.7. The number of rotatable bonds is 9. The number of carbonyl (C=O) groups is 1. The van der Waals surface area contributed by atoms with Crippen molar-refractivity contribution in [3.8, 4) is 17.6 Å². The van der Waals surface area contributed by atoms with Crippen LogP contribution in [0.4, 0.5) is 5.69 Å². The second kappa shape index (κ2) is 11.1. The average Bonchev–Trinajstić information content (AvgIpc) is 2.83. The van der Waals surface area contributed by atoms with Crippen LogP contribution in [0.15, 0.2) is 71.8 Å². The first-order valence-corrected chi connectivity index (χ1v) is 9.85. The van der Waals surface area contributed by atoms with E-state index in [1.54, 1.807) is 42.5 Å². The smallest absolute Gasteiger partial charge is 0.273 e. The Morgan fingerprint density at radius 1 is 1.12 bits per heavy atom. The molecule has 0 aliphatic rings. The van der Waals surface area contributed by atoms with E-state index in [2.05, 4.69) is 16.6 Å². The molecular weight excluding hydrogens is 424 g/mol. The third kappa shape index (κ3) is 6.15. The number of hydrogen-bond donors (Lipinski definition) is 1. The Labute approximate surface area is 190 Å². The summed E-state index contributed by atoms with van der Waals surface area (Å²) < 4.78 is 11.2. The summed E-state index contributed by atoms with van der Waals surface area (Å²) in [5, 5.41) is 24.2. The van der Waals surface area contributed by atoms with E-state index in [9.17, 15) is 20.2 Å². The van der Waals surface area contributed by atoms with Crippen LogP contribution in [0.25, 0.3) is 0 Å². The number of hydrazone groups is 1. The van der Waals surface area contributed by atoms with Crippen molar-refractivity contribution in [2.75, 3.05) is 7.11 Å². The maximum Gasteiger partial charge on any atom is 0.273 e. The molecule has 33 heavy (non-hydrogen) atoms. The Morgan fingerprint density at radius 3 is 2.58 bits per heavy atom. The van der Waals surface area contributed by atoms with Crippen molar-refractivity contribution in [2.24, 2.45) is 5.10 Å². The summed E-state index contributed by atoms with van der Waals surface area (Å²) in [7, 11) is 1.50. The van der Waals surface area contributed by atoms with Crippen molar-refractivity contribution in [3.63, 3.8) is 0 Å². The first-order chi connectivity index (χ1) is 16.0. The van der Waals surface area contributed by atoms with Crippen molar-refractivity contribution >= 4 is 17.8 Å². The number of carbonyl (C=O) groups excluding carboxylic acids is 1. The molecule has 0 aromatic heterocycles. The Bertz CT molecular complexity index is 1230. The number of nitro groups is 1. The predicted octanol–water partition coefficient (Wildman–Crippen LogP) is 3.75. The number of nitrogens with zero attached hydrogens (tertiary/aromatic N) is 3. The average molecular weight is 444 g/mol. The van der Waals surface area contributed by atoms with Crippen LogP contribution < -0.4 is 14.9 Å². The van der Waals surface area contributed by atoms with Gasteiger partial charge in [-0.15, -0.1) is 0 Å². The van der Waals surface area contributed by atoms with Gasteiger partial charge in [0.1, 0.15) is 6.61 Å². The maximum atomic E-state index is 12.1. The predicted molar refractivity (Wildman–Crippen MR) is 121 cm³/mol. The zero-order valence-electron chi connectivity index (χ0n) is 17.7.